The van der Waals surface area contributed by atoms with Crippen LogP contribution in [-0.4, -0.2) is 23.3 Å². The van der Waals surface area contributed by atoms with Crippen molar-refractivity contribution in [3.63, 3.8) is 0 Å². The van der Waals surface area contributed by atoms with E-state index < -0.39 is 23.4 Å². The minimum atomic E-state index is -1.04. The van der Waals surface area contributed by atoms with Crippen molar-refractivity contribution >= 4 is 23.1 Å². The highest BCUT2D eigenvalue weighted by Crippen LogP contribution is 2.32. The zero-order valence-corrected chi connectivity index (χ0v) is 17.8. The van der Waals surface area contributed by atoms with Crippen molar-refractivity contribution in [2.75, 3.05) is 11.9 Å². The number of amides is 2. The number of rotatable bonds is 6. The summed E-state index contributed by atoms with van der Waals surface area (Å²) in [4.78, 5) is 27.8. The molecule has 0 saturated heterocycles. The summed E-state index contributed by atoms with van der Waals surface area (Å²) in [6.07, 6.45) is 0.511. The van der Waals surface area contributed by atoms with Gasteiger partial charge in [0.15, 0.2) is 11.6 Å². The zero-order chi connectivity index (χ0) is 22.8. The maximum absolute atomic E-state index is 13.7. The second-order valence-corrected chi connectivity index (χ2v) is 7.80. The van der Waals surface area contributed by atoms with E-state index in [2.05, 4.69) is 5.32 Å². The molecule has 2 amide bonds. The average molecular weight is 432 g/mol. The molecule has 1 aliphatic heterocycles. The second kappa shape index (κ2) is 8.75. The number of hydrogen-bond acceptors (Lipinski definition) is 3. The lowest BCUT2D eigenvalue weighted by Crippen LogP contribution is -2.34. The van der Waals surface area contributed by atoms with E-state index in [0.29, 0.717) is 12.0 Å². The summed E-state index contributed by atoms with van der Waals surface area (Å²) in [5.41, 5.74) is 4.09. The van der Waals surface area contributed by atoms with Crippen LogP contribution in [0.25, 0.3) is 5.57 Å². The minimum Gasteiger partial charge on any atom is -0.350 e. The molecule has 1 heterocycles. The van der Waals surface area contributed by atoms with Crippen molar-refractivity contribution in [1.29, 1.82) is 0 Å². The third kappa shape index (κ3) is 4.17. The van der Waals surface area contributed by atoms with Crippen LogP contribution in [0.5, 0.6) is 0 Å². The number of aryl methyl sites for hydroxylation is 2. The number of carbonyl (C=O) groups is 2. The normalized spacial score (nSPS) is 13.8. The Hall–Kier alpha value is -3.80. The Bertz CT molecular complexity index is 1240. The molecule has 162 valence electrons. The van der Waals surface area contributed by atoms with Gasteiger partial charge in [-0.3, -0.25) is 14.5 Å². The van der Waals surface area contributed by atoms with Gasteiger partial charge in [-0.05, 0) is 54.7 Å². The standard InChI is InChI=1S/C26H22F2N2O2/c1-16-8-9-19(14-17(16)2)23-24(29-20-10-11-21(27)22(28)15-20)26(32)30(25(23)31)13-12-18-6-4-3-5-7-18/h3-11,14-15,29H,12-13H2,1-2H3. The van der Waals surface area contributed by atoms with Crippen LogP contribution in [0.2, 0.25) is 0 Å². The van der Waals surface area contributed by atoms with Crippen LogP contribution in [0.15, 0.2) is 72.4 Å². The van der Waals surface area contributed by atoms with Crippen molar-refractivity contribution in [3.05, 3.63) is 106 Å². The lowest BCUT2D eigenvalue weighted by molar-refractivity contribution is -0.136. The summed E-state index contributed by atoms with van der Waals surface area (Å²) in [6.45, 7) is 4.09. The quantitative estimate of drug-likeness (QED) is 0.557. The number of nitrogens with one attached hydrogen (secondary N) is 1. The third-order valence-electron chi connectivity index (χ3n) is 5.62. The molecule has 3 aromatic rings. The van der Waals surface area contributed by atoms with Gasteiger partial charge < -0.3 is 5.32 Å². The summed E-state index contributed by atoms with van der Waals surface area (Å²) < 4.78 is 27.1. The molecule has 1 aliphatic rings. The molecule has 4 rings (SSSR count). The maximum atomic E-state index is 13.7. The molecule has 0 atom stereocenters. The molecule has 4 nitrogen and oxygen atoms in total. The lowest BCUT2D eigenvalue weighted by atomic mass is 9.99. The first-order valence-electron chi connectivity index (χ1n) is 10.3. The van der Waals surface area contributed by atoms with E-state index in [-0.39, 0.29) is 23.5 Å². The Morgan fingerprint density at radius 1 is 0.812 bits per heavy atom. The minimum absolute atomic E-state index is 0.0531. The Morgan fingerprint density at radius 3 is 2.25 bits per heavy atom. The fourth-order valence-corrected chi connectivity index (χ4v) is 3.66. The van der Waals surface area contributed by atoms with Crippen LogP contribution < -0.4 is 5.32 Å². The predicted molar refractivity (Wildman–Crippen MR) is 120 cm³/mol. The first kappa shape index (κ1) is 21.4. The van der Waals surface area contributed by atoms with Gasteiger partial charge in [0, 0.05) is 18.3 Å². The van der Waals surface area contributed by atoms with Crippen molar-refractivity contribution in [2.24, 2.45) is 0 Å². The van der Waals surface area contributed by atoms with Crippen LogP contribution in [0.1, 0.15) is 22.3 Å². The van der Waals surface area contributed by atoms with Gasteiger partial charge in [-0.15, -0.1) is 0 Å². The van der Waals surface area contributed by atoms with E-state index in [1.165, 1.54) is 11.0 Å². The van der Waals surface area contributed by atoms with Gasteiger partial charge in [-0.25, -0.2) is 8.78 Å². The van der Waals surface area contributed by atoms with Crippen LogP contribution >= 0.6 is 0 Å². The van der Waals surface area contributed by atoms with Crippen LogP contribution in [-0.2, 0) is 16.0 Å². The Kier molecular flexibility index (Phi) is 5.86. The highest BCUT2D eigenvalue weighted by atomic mass is 19.2. The zero-order valence-electron chi connectivity index (χ0n) is 17.8. The van der Waals surface area contributed by atoms with E-state index >= 15 is 0 Å². The summed E-state index contributed by atoms with van der Waals surface area (Å²) in [5.74, 6) is -2.94. The monoisotopic (exact) mass is 432 g/mol. The molecule has 6 heteroatoms. The highest BCUT2D eigenvalue weighted by Gasteiger charge is 2.39. The van der Waals surface area contributed by atoms with Crippen LogP contribution in [0, 0.1) is 25.5 Å². The summed E-state index contributed by atoms with van der Waals surface area (Å²) in [5, 5.41) is 2.86. The number of anilines is 1. The van der Waals surface area contributed by atoms with Gasteiger partial charge in [0.2, 0.25) is 0 Å². The van der Waals surface area contributed by atoms with Crippen molar-refractivity contribution in [3.8, 4) is 0 Å². The Labute approximate surface area is 185 Å². The third-order valence-corrected chi connectivity index (χ3v) is 5.62. The number of nitrogens with zero attached hydrogens (tertiary/aromatic N) is 1. The number of benzene rings is 3. The number of hydrogen-bond donors (Lipinski definition) is 1. The van der Waals surface area contributed by atoms with Crippen LogP contribution in [0.3, 0.4) is 0 Å². The largest absolute Gasteiger partial charge is 0.350 e. The molecule has 0 unspecified atom stereocenters. The number of imide groups is 1. The van der Waals surface area contributed by atoms with Gasteiger partial charge >= 0.3 is 0 Å². The van der Waals surface area contributed by atoms with E-state index in [1.54, 1.807) is 6.07 Å². The summed E-state index contributed by atoms with van der Waals surface area (Å²) in [6, 6.07) is 18.4. The highest BCUT2D eigenvalue weighted by molar-refractivity contribution is 6.36. The number of carbonyl (C=O) groups excluding carboxylic acids is 2. The smallest absolute Gasteiger partial charge is 0.278 e. The van der Waals surface area contributed by atoms with E-state index in [0.717, 1.165) is 28.8 Å². The average Bonchev–Trinajstić information content (AvgIpc) is 3.01. The van der Waals surface area contributed by atoms with Gasteiger partial charge in [0.1, 0.15) is 5.70 Å². The van der Waals surface area contributed by atoms with Gasteiger partial charge in [-0.2, -0.15) is 0 Å². The van der Waals surface area contributed by atoms with Crippen molar-refractivity contribution in [2.45, 2.75) is 20.3 Å². The molecule has 0 fully saturated rings. The Balaban J connectivity index is 1.71. The van der Waals surface area contributed by atoms with Crippen molar-refractivity contribution in [1.82, 2.24) is 4.90 Å². The topological polar surface area (TPSA) is 49.4 Å². The number of halogens is 2. The molecule has 0 spiro atoms. The van der Waals surface area contributed by atoms with Gasteiger partial charge in [0.25, 0.3) is 11.8 Å². The van der Waals surface area contributed by atoms with E-state index in [4.69, 9.17) is 0 Å². The molecule has 0 aliphatic carbocycles. The molecule has 32 heavy (non-hydrogen) atoms. The predicted octanol–water partition coefficient (Wildman–Crippen LogP) is 5.02. The molecular weight excluding hydrogens is 410 g/mol. The van der Waals surface area contributed by atoms with E-state index in [9.17, 15) is 18.4 Å². The first-order chi connectivity index (χ1) is 15.3. The van der Waals surface area contributed by atoms with E-state index in [1.807, 2.05) is 56.3 Å². The molecule has 1 N–H and O–H groups in total. The summed E-state index contributed by atoms with van der Waals surface area (Å²) >= 11 is 0. The SMILES string of the molecule is Cc1ccc(C2=C(Nc3ccc(F)c(F)c3)C(=O)N(CCc3ccccc3)C2=O)cc1C. The molecular formula is C26H22F2N2O2. The first-order valence-corrected chi connectivity index (χ1v) is 10.3. The summed E-state index contributed by atoms with van der Waals surface area (Å²) in [7, 11) is 0. The second-order valence-electron chi connectivity index (χ2n) is 7.80. The molecule has 0 radical (unpaired) electrons. The van der Waals surface area contributed by atoms with Crippen molar-refractivity contribution < 1.29 is 18.4 Å². The molecule has 0 saturated carbocycles. The molecule has 0 aromatic heterocycles. The fourth-order valence-electron chi connectivity index (χ4n) is 3.66. The molecule has 3 aromatic carbocycles. The Morgan fingerprint density at radius 2 is 1.56 bits per heavy atom. The lowest BCUT2D eigenvalue weighted by Gasteiger charge is -2.15. The van der Waals surface area contributed by atoms with Crippen LogP contribution in [0.4, 0.5) is 14.5 Å². The maximum Gasteiger partial charge on any atom is 0.278 e. The fraction of sp³-hybridized carbons (Fsp3) is 0.154. The van der Waals surface area contributed by atoms with Gasteiger partial charge in [0.05, 0.1) is 5.57 Å². The van der Waals surface area contributed by atoms with Gasteiger partial charge in [-0.1, -0.05) is 48.5 Å². The molecule has 0 bridgehead atoms.